The Bertz CT molecular complexity index is 637. The number of para-hydroxylation sites is 1. The molecule has 1 saturated heterocycles. The Hall–Kier alpha value is -2.60. The number of hydrogen-bond acceptors (Lipinski definition) is 4. The average molecular weight is 312 g/mol. The molecule has 2 aromatic carbocycles. The van der Waals surface area contributed by atoms with Gasteiger partial charge in [0.2, 0.25) is 0 Å². The maximum absolute atomic E-state index is 10.4. The van der Waals surface area contributed by atoms with Crippen LogP contribution in [0, 0.1) is 10.1 Å². The number of benzene rings is 2. The van der Waals surface area contributed by atoms with Crippen LogP contribution in [0.15, 0.2) is 54.6 Å². The van der Waals surface area contributed by atoms with E-state index in [1.165, 1.54) is 11.3 Å². The molecule has 1 fully saturated rings. The molecule has 0 atom stereocenters. The van der Waals surface area contributed by atoms with Gasteiger partial charge in [-0.25, -0.2) is 10.1 Å². The standard InChI is InChI=1S/C17H20N4O2/c22-21(23)18-16-8-6-15(7-9-16)14-19-10-12-20(13-11-19)17-4-2-1-3-5-17/h1-9,18H,10-14H2. The fourth-order valence-corrected chi connectivity index (χ4v) is 2.85. The molecule has 1 aliphatic heterocycles. The van der Waals surface area contributed by atoms with Crippen LogP contribution in [0.2, 0.25) is 0 Å². The van der Waals surface area contributed by atoms with Gasteiger partial charge in [0.25, 0.3) is 0 Å². The van der Waals surface area contributed by atoms with Crippen LogP contribution in [-0.4, -0.2) is 36.1 Å². The van der Waals surface area contributed by atoms with Crippen molar-refractivity contribution < 1.29 is 5.03 Å². The van der Waals surface area contributed by atoms with Crippen molar-refractivity contribution in [1.29, 1.82) is 0 Å². The summed E-state index contributed by atoms with van der Waals surface area (Å²) in [6.45, 7) is 4.95. The van der Waals surface area contributed by atoms with E-state index in [2.05, 4.69) is 39.5 Å². The van der Waals surface area contributed by atoms with Gasteiger partial charge in [0.05, 0.1) is 0 Å². The quantitative estimate of drug-likeness (QED) is 0.679. The Morgan fingerprint density at radius 1 is 0.957 bits per heavy atom. The van der Waals surface area contributed by atoms with Crippen molar-refractivity contribution in [2.45, 2.75) is 6.54 Å². The number of nitro groups is 1. The Labute approximate surface area is 135 Å². The van der Waals surface area contributed by atoms with Gasteiger partial charge < -0.3 is 4.90 Å². The van der Waals surface area contributed by atoms with Crippen LogP contribution < -0.4 is 10.3 Å². The van der Waals surface area contributed by atoms with Gasteiger partial charge in [-0.05, 0) is 29.8 Å². The first-order valence-electron chi connectivity index (χ1n) is 7.73. The Morgan fingerprint density at radius 3 is 2.22 bits per heavy atom. The number of anilines is 2. The maximum Gasteiger partial charge on any atom is 0.162 e. The molecule has 120 valence electrons. The minimum absolute atomic E-state index is 0.507. The summed E-state index contributed by atoms with van der Waals surface area (Å²) in [7, 11) is 0. The summed E-state index contributed by atoms with van der Waals surface area (Å²) in [6.07, 6.45) is 0. The Morgan fingerprint density at radius 2 is 1.61 bits per heavy atom. The first-order chi connectivity index (χ1) is 11.2. The third kappa shape index (κ3) is 4.20. The summed E-state index contributed by atoms with van der Waals surface area (Å²) in [5.74, 6) is 0. The predicted molar refractivity (Wildman–Crippen MR) is 91.0 cm³/mol. The molecule has 0 radical (unpaired) electrons. The summed E-state index contributed by atoms with van der Waals surface area (Å²) in [5.41, 5.74) is 5.12. The summed E-state index contributed by atoms with van der Waals surface area (Å²) < 4.78 is 0. The van der Waals surface area contributed by atoms with Gasteiger partial charge in [0, 0.05) is 38.4 Å². The van der Waals surface area contributed by atoms with Crippen molar-refractivity contribution in [1.82, 2.24) is 4.90 Å². The molecule has 6 heteroatoms. The zero-order valence-corrected chi connectivity index (χ0v) is 12.9. The van der Waals surface area contributed by atoms with Crippen LogP contribution in [0.4, 0.5) is 11.4 Å². The highest BCUT2D eigenvalue weighted by atomic mass is 16.7. The minimum Gasteiger partial charge on any atom is -0.369 e. The van der Waals surface area contributed by atoms with E-state index in [0.717, 1.165) is 32.7 Å². The van der Waals surface area contributed by atoms with E-state index < -0.39 is 5.03 Å². The topological polar surface area (TPSA) is 61.7 Å². The SMILES string of the molecule is O=[N+]([O-])Nc1ccc(CN2CCN(c3ccccc3)CC2)cc1. The Kier molecular flexibility index (Phi) is 4.73. The number of hydrogen-bond donors (Lipinski definition) is 1. The smallest absolute Gasteiger partial charge is 0.162 e. The zero-order chi connectivity index (χ0) is 16.1. The van der Waals surface area contributed by atoms with Gasteiger partial charge in [-0.2, -0.15) is 0 Å². The van der Waals surface area contributed by atoms with Crippen molar-refractivity contribution in [3.05, 3.63) is 70.3 Å². The van der Waals surface area contributed by atoms with E-state index in [-0.39, 0.29) is 0 Å². The number of piperazine rings is 1. The van der Waals surface area contributed by atoms with Crippen LogP contribution in [0.3, 0.4) is 0 Å². The van der Waals surface area contributed by atoms with Crippen LogP contribution in [0.25, 0.3) is 0 Å². The second-order valence-electron chi connectivity index (χ2n) is 5.66. The van der Waals surface area contributed by atoms with Crippen LogP contribution in [0.5, 0.6) is 0 Å². The highest BCUT2D eigenvalue weighted by molar-refractivity contribution is 5.46. The molecule has 1 heterocycles. The third-order valence-corrected chi connectivity index (χ3v) is 4.07. The maximum atomic E-state index is 10.4. The first-order valence-corrected chi connectivity index (χ1v) is 7.73. The molecule has 0 unspecified atom stereocenters. The molecule has 6 nitrogen and oxygen atoms in total. The molecule has 0 saturated carbocycles. The monoisotopic (exact) mass is 312 g/mol. The van der Waals surface area contributed by atoms with Crippen molar-refractivity contribution in [3.8, 4) is 0 Å². The lowest BCUT2D eigenvalue weighted by molar-refractivity contribution is -0.445. The molecule has 0 aromatic heterocycles. The number of nitrogens with zero attached hydrogens (tertiary/aromatic N) is 3. The molecule has 1 aliphatic rings. The molecular weight excluding hydrogens is 292 g/mol. The Balaban J connectivity index is 1.51. The highest BCUT2D eigenvalue weighted by Gasteiger charge is 2.17. The normalized spacial score (nSPS) is 15.4. The number of hydrazine groups is 1. The van der Waals surface area contributed by atoms with Gasteiger partial charge in [-0.3, -0.25) is 4.90 Å². The molecule has 0 aliphatic carbocycles. The van der Waals surface area contributed by atoms with Crippen molar-refractivity contribution in [2.24, 2.45) is 0 Å². The molecule has 3 rings (SSSR count). The largest absolute Gasteiger partial charge is 0.369 e. The average Bonchev–Trinajstić information content (AvgIpc) is 2.58. The van der Waals surface area contributed by atoms with Gasteiger partial charge in [-0.1, -0.05) is 30.3 Å². The molecule has 0 spiro atoms. The molecular formula is C17H20N4O2. The molecule has 23 heavy (non-hydrogen) atoms. The number of rotatable bonds is 5. The molecule has 0 bridgehead atoms. The second-order valence-corrected chi connectivity index (χ2v) is 5.66. The summed E-state index contributed by atoms with van der Waals surface area (Å²) in [5, 5.41) is 9.86. The van der Waals surface area contributed by atoms with Crippen LogP contribution in [-0.2, 0) is 6.54 Å². The van der Waals surface area contributed by atoms with E-state index in [9.17, 15) is 10.1 Å². The van der Waals surface area contributed by atoms with E-state index in [1.54, 1.807) is 12.1 Å². The van der Waals surface area contributed by atoms with Gasteiger partial charge >= 0.3 is 0 Å². The van der Waals surface area contributed by atoms with E-state index in [1.807, 2.05) is 18.2 Å². The lowest BCUT2D eigenvalue weighted by Gasteiger charge is -2.36. The van der Waals surface area contributed by atoms with Crippen molar-refractivity contribution in [3.63, 3.8) is 0 Å². The number of nitrogens with one attached hydrogen (secondary N) is 1. The van der Waals surface area contributed by atoms with E-state index in [0.29, 0.717) is 5.69 Å². The fraction of sp³-hybridized carbons (Fsp3) is 0.294. The van der Waals surface area contributed by atoms with Gasteiger partial charge in [0.1, 0.15) is 5.69 Å². The van der Waals surface area contributed by atoms with E-state index in [4.69, 9.17) is 0 Å². The first kappa shape index (κ1) is 15.3. The van der Waals surface area contributed by atoms with Crippen molar-refractivity contribution in [2.75, 3.05) is 36.5 Å². The summed E-state index contributed by atoms with van der Waals surface area (Å²) in [4.78, 5) is 15.2. The van der Waals surface area contributed by atoms with Gasteiger partial charge in [0.15, 0.2) is 5.03 Å². The molecule has 0 amide bonds. The molecule has 2 aromatic rings. The van der Waals surface area contributed by atoms with Gasteiger partial charge in [-0.15, -0.1) is 5.43 Å². The fourth-order valence-electron chi connectivity index (χ4n) is 2.85. The zero-order valence-electron chi connectivity index (χ0n) is 12.9. The van der Waals surface area contributed by atoms with Crippen LogP contribution >= 0.6 is 0 Å². The predicted octanol–water partition coefficient (Wildman–Crippen LogP) is 2.61. The minimum atomic E-state index is -0.544. The molecule has 1 N–H and O–H groups in total. The van der Waals surface area contributed by atoms with Crippen LogP contribution in [0.1, 0.15) is 5.56 Å². The lowest BCUT2D eigenvalue weighted by atomic mass is 10.1. The summed E-state index contributed by atoms with van der Waals surface area (Å²) in [6, 6.07) is 17.9. The van der Waals surface area contributed by atoms with Crippen molar-refractivity contribution >= 4 is 11.4 Å². The van der Waals surface area contributed by atoms with E-state index >= 15 is 0 Å². The highest BCUT2D eigenvalue weighted by Crippen LogP contribution is 2.17. The third-order valence-electron chi connectivity index (χ3n) is 4.07. The lowest BCUT2D eigenvalue weighted by Crippen LogP contribution is -2.45. The summed E-state index contributed by atoms with van der Waals surface area (Å²) >= 11 is 0. The second kappa shape index (κ2) is 7.11.